The molecular weight excluding hydrogens is 378 g/mol. The summed E-state index contributed by atoms with van der Waals surface area (Å²) in [6.45, 7) is 2.92. The summed E-state index contributed by atoms with van der Waals surface area (Å²) in [7, 11) is 0. The minimum absolute atomic E-state index is 0.0924. The van der Waals surface area contributed by atoms with Crippen molar-refractivity contribution in [2.24, 2.45) is 17.4 Å². The number of carboxylic acids is 1. The summed E-state index contributed by atoms with van der Waals surface area (Å²) in [6, 6.07) is -3.33. The number of carbonyl (C=O) groups excluding carboxylic acids is 4. The first-order valence-electron chi connectivity index (χ1n) is 8.28. The van der Waals surface area contributed by atoms with Gasteiger partial charge < -0.3 is 32.5 Å². The average Bonchev–Trinajstić information content (AvgIpc) is 2.60. The Morgan fingerprint density at radius 3 is 2.11 bits per heavy atom. The fourth-order valence-corrected chi connectivity index (χ4v) is 2.27. The predicted octanol–water partition coefficient (Wildman–Crippen LogP) is -2.66. The van der Waals surface area contributed by atoms with Gasteiger partial charge in [-0.3, -0.25) is 24.0 Å². The summed E-state index contributed by atoms with van der Waals surface area (Å²) < 4.78 is 0. The maximum Gasteiger partial charge on any atom is 0.322 e. The quantitative estimate of drug-likeness (QED) is 0.172. The molecule has 4 atom stereocenters. The summed E-state index contributed by atoms with van der Waals surface area (Å²) in [5.41, 5.74) is 10.5. The van der Waals surface area contributed by atoms with Gasteiger partial charge in [0.25, 0.3) is 0 Å². The maximum atomic E-state index is 12.4. The van der Waals surface area contributed by atoms with Crippen LogP contribution in [0.1, 0.15) is 26.7 Å². The molecule has 0 fully saturated rings. The second-order valence-electron chi connectivity index (χ2n) is 6.00. The molecule has 0 aliphatic rings. The molecule has 0 radical (unpaired) electrons. The fourth-order valence-electron chi connectivity index (χ4n) is 2.01. The molecule has 0 aliphatic heterocycles. The number of aliphatic carboxylic acids is 1. The van der Waals surface area contributed by atoms with E-state index in [4.69, 9.17) is 16.6 Å². The molecule has 0 bridgehead atoms. The molecule has 0 spiro atoms. The Bertz CT molecular complexity index is 573. The van der Waals surface area contributed by atoms with Gasteiger partial charge in [0.2, 0.25) is 23.6 Å². The zero-order chi connectivity index (χ0) is 21.1. The van der Waals surface area contributed by atoms with E-state index in [2.05, 4.69) is 28.6 Å². The number of thiol groups is 1. The van der Waals surface area contributed by atoms with E-state index >= 15 is 0 Å². The number of carboxylic acid groups (broad SMARTS) is 1. The molecule has 0 heterocycles. The molecule has 0 saturated carbocycles. The number of nitrogens with two attached hydrogens (primary N) is 2. The third-order valence-corrected chi connectivity index (χ3v) is 4.15. The standard InChI is InChI=1S/C15H27N5O6S/c1-3-7(2)12(15(26)18-5-11(22)23)20-14(25)9(6-27)19-13(24)8(16)4-10(17)21/h7-9,12,27H,3-6,16H2,1-2H3,(H2,17,21)(H,18,26)(H,19,24)(H,20,25)(H,22,23). The molecule has 8 N–H and O–H groups in total. The van der Waals surface area contributed by atoms with Crippen LogP contribution in [0.2, 0.25) is 0 Å². The Morgan fingerprint density at radius 2 is 1.67 bits per heavy atom. The third-order valence-electron chi connectivity index (χ3n) is 3.78. The lowest BCUT2D eigenvalue weighted by Crippen LogP contribution is -2.58. The van der Waals surface area contributed by atoms with Crippen molar-refractivity contribution in [2.45, 2.75) is 44.8 Å². The van der Waals surface area contributed by atoms with Crippen LogP contribution in [-0.2, 0) is 24.0 Å². The second kappa shape index (κ2) is 12.1. The second-order valence-corrected chi connectivity index (χ2v) is 6.37. The highest BCUT2D eigenvalue weighted by Gasteiger charge is 2.30. The van der Waals surface area contributed by atoms with Crippen molar-refractivity contribution in [1.82, 2.24) is 16.0 Å². The lowest BCUT2D eigenvalue weighted by molar-refractivity contribution is -0.139. The van der Waals surface area contributed by atoms with Gasteiger partial charge in [0, 0.05) is 5.75 Å². The highest BCUT2D eigenvalue weighted by molar-refractivity contribution is 7.80. The van der Waals surface area contributed by atoms with Gasteiger partial charge in [0.05, 0.1) is 12.5 Å². The fraction of sp³-hybridized carbons (Fsp3) is 0.667. The van der Waals surface area contributed by atoms with Gasteiger partial charge in [0.15, 0.2) is 0 Å². The Hall–Kier alpha value is -2.34. The van der Waals surface area contributed by atoms with E-state index in [0.29, 0.717) is 6.42 Å². The van der Waals surface area contributed by atoms with Crippen LogP contribution in [0.15, 0.2) is 0 Å². The summed E-state index contributed by atoms with van der Waals surface area (Å²) in [6.07, 6.45) is 0.145. The predicted molar refractivity (Wildman–Crippen MR) is 99.6 cm³/mol. The topological polar surface area (TPSA) is 194 Å². The van der Waals surface area contributed by atoms with Crippen molar-refractivity contribution < 1.29 is 29.1 Å². The van der Waals surface area contributed by atoms with Crippen LogP contribution in [0.4, 0.5) is 0 Å². The largest absolute Gasteiger partial charge is 0.480 e. The van der Waals surface area contributed by atoms with E-state index in [0.717, 1.165) is 0 Å². The van der Waals surface area contributed by atoms with Crippen LogP contribution < -0.4 is 27.4 Å². The Balaban J connectivity index is 5.04. The number of nitrogens with one attached hydrogen (secondary N) is 3. The van der Waals surface area contributed by atoms with E-state index in [1.165, 1.54) is 0 Å². The molecule has 4 unspecified atom stereocenters. The van der Waals surface area contributed by atoms with Crippen LogP contribution in [0.25, 0.3) is 0 Å². The summed E-state index contributed by atoms with van der Waals surface area (Å²) >= 11 is 4.00. The molecule has 0 aromatic carbocycles. The van der Waals surface area contributed by atoms with Crippen LogP contribution in [-0.4, -0.2) is 65.1 Å². The van der Waals surface area contributed by atoms with Crippen molar-refractivity contribution in [1.29, 1.82) is 0 Å². The zero-order valence-corrected chi connectivity index (χ0v) is 16.1. The minimum Gasteiger partial charge on any atom is -0.480 e. The molecule has 0 aromatic heterocycles. The summed E-state index contributed by atoms with van der Waals surface area (Å²) in [5, 5.41) is 15.7. The number of primary amides is 1. The lowest BCUT2D eigenvalue weighted by Gasteiger charge is -2.26. The first-order chi connectivity index (χ1) is 12.5. The SMILES string of the molecule is CCC(C)C(NC(=O)C(CS)NC(=O)C(N)CC(N)=O)C(=O)NCC(=O)O. The van der Waals surface area contributed by atoms with Crippen molar-refractivity contribution >= 4 is 42.2 Å². The van der Waals surface area contributed by atoms with Crippen molar-refractivity contribution in [3.05, 3.63) is 0 Å². The van der Waals surface area contributed by atoms with E-state index in [1.54, 1.807) is 13.8 Å². The monoisotopic (exact) mass is 405 g/mol. The number of rotatable bonds is 12. The Morgan fingerprint density at radius 1 is 1.07 bits per heavy atom. The number of hydrogen-bond acceptors (Lipinski definition) is 7. The third kappa shape index (κ3) is 9.24. The number of hydrogen-bond donors (Lipinski definition) is 7. The minimum atomic E-state index is -1.22. The molecule has 154 valence electrons. The molecule has 27 heavy (non-hydrogen) atoms. The van der Waals surface area contributed by atoms with Gasteiger partial charge in [-0.15, -0.1) is 0 Å². The highest BCUT2D eigenvalue weighted by Crippen LogP contribution is 2.08. The molecular formula is C15H27N5O6S. The van der Waals surface area contributed by atoms with E-state index < -0.39 is 54.3 Å². The van der Waals surface area contributed by atoms with Crippen LogP contribution >= 0.6 is 12.6 Å². The Kier molecular flexibility index (Phi) is 11.1. The first kappa shape index (κ1) is 24.7. The van der Waals surface area contributed by atoms with Gasteiger partial charge in [0.1, 0.15) is 18.6 Å². The van der Waals surface area contributed by atoms with Gasteiger partial charge in [-0.05, 0) is 5.92 Å². The maximum absolute atomic E-state index is 12.4. The van der Waals surface area contributed by atoms with Crippen molar-refractivity contribution in [2.75, 3.05) is 12.3 Å². The summed E-state index contributed by atoms with van der Waals surface area (Å²) in [4.78, 5) is 58.0. The first-order valence-corrected chi connectivity index (χ1v) is 8.91. The molecule has 12 heteroatoms. The van der Waals surface area contributed by atoms with Crippen LogP contribution in [0.5, 0.6) is 0 Å². The van der Waals surface area contributed by atoms with E-state index in [-0.39, 0.29) is 18.1 Å². The number of amides is 4. The van der Waals surface area contributed by atoms with Crippen molar-refractivity contribution in [3.63, 3.8) is 0 Å². The normalized spacial score (nSPS) is 15.0. The zero-order valence-electron chi connectivity index (χ0n) is 15.2. The highest BCUT2D eigenvalue weighted by atomic mass is 32.1. The lowest BCUT2D eigenvalue weighted by atomic mass is 9.98. The van der Waals surface area contributed by atoms with Gasteiger partial charge in [-0.25, -0.2) is 0 Å². The van der Waals surface area contributed by atoms with Gasteiger partial charge >= 0.3 is 5.97 Å². The Labute approximate surface area is 162 Å². The van der Waals surface area contributed by atoms with E-state index in [1.807, 2.05) is 0 Å². The van der Waals surface area contributed by atoms with Gasteiger partial charge in [-0.2, -0.15) is 12.6 Å². The summed E-state index contributed by atoms with van der Waals surface area (Å²) in [5.74, 6) is -4.49. The van der Waals surface area contributed by atoms with Crippen LogP contribution in [0.3, 0.4) is 0 Å². The average molecular weight is 405 g/mol. The molecule has 0 rings (SSSR count). The molecule has 4 amide bonds. The number of carbonyl (C=O) groups is 5. The van der Waals surface area contributed by atoms with E-state index in [9.17, 15) is 24.0 Å². The molecule has 0 aromatic rings. The van der Waals surface area contributed by atoms with Crippen LogP contribution in [0, 0.1) is 5.92 Å². The molecule has 0 saturated heterocycles. The molecule has 11 nitrogen and oxygen atoms in total. The smallest absolute Gasteiger partial charge is 0.322 e. The van der Waals surface area contributed by atoms with Crippen molar-refractivity contribution in [3.8, 4) is 0 Å². The van der Waals surface area contributed by atoms with Gasteiger partial charge in [-0.1, -0.05) is 20.3 Å². The molecule has 0 aliphatic carbocycles.